The maximum absolute atomic E-state index is 12.6. The Morgan fingerprint density at radius 3 is 2.24 bits per heavy atom. The number of carbonyl (C=O) groups excluding carboxylic acids is 2. The molecule has 0 radical (unpaired) electrons. The fourth-order valence-corrected chi connectivity index (χ4v) is 3.15. The zero-order valence-corrected chi connectivity index (χ0v) is 15.9. The molecule has 2 rings (SSSR count). The summed E-state index contributed by atoms with van der Waals surface area (Å²) < 4.78 is 25.8. The molecule has 9 heteroatoms. The summed E-state index contributed by atoms with van der Waals surface area (Å²) in [5.74, 6) is -0.271. The van der Waals surface area contributed by atoms with E-state index in [0.717, 1.165) is 0 Å². The highest BCUT2D eigenvalue weighted by Gasteiger charge is 2.28. The predicted octanol–water partition coefficient (Wildman–Crippen LogP) is 2.61. The van der Waals surface area contributed by atoms with Crippen molar-refractivity contribution in [2.45, 2.75) is 31.3 Å². The molecule has 1 aromatic rings. The number of nitrogens with zero attached hydrogens (tertiary/aromatic N) is 2. The van der Waals surface area contributed by atoms with Gasteiger partial charge < -0.3 is 19.1 Å². The van der Waals surface area contributed by atoms with E-state index in [1.54, 1.807) is 30.6 Å². The minimum atomic E-state index is -2.27. The first-order valence-electron chi connectivity index (χ1n) is 7.76. The number of amides is 2. The largest absolute Gasteiger partial charge is 0.444 e. The lowest BCUT2D eigenvalue weighted by molar-refractivity contribution is 0.0141. The van der Waals surface area contributed by atoms with Crippen LogP contribution in [0.5, 0.6) is 0 Å². The second-order valence-electron chi connectivity index (χ2n) is 6.65. The van der Waals surface area contributed by atoms with Crippen molar-refractivity contribution in [3.8, 4) is 0 Å². The van der Waals surface area contributed by atoms with Crippen molar-refractivity contribution in [1.82, 2.24) is 9.80 Å². The van der Waals surface area contributed by atoms with Crippen LogP contribution in [0.25, 0.3) is 0 Å². The first kappa shape index (κ1) is 19.7. The van der Waals surface area contributed by atoms with Crippen LogP contribution in [0, 0.1) is 0 Å². The third-order valence-electron chi connectivity index (χ3n) is 3.58. The van der Waals surface area contributed by atoms with Crippen molar-refractivity contribution < 1.29 is 23.1 Å². The summed E-state index contributed by atoms with van der Waals surface area (Å²) in [6, 6.07) is 4.26. The van der Waals surface area contributed by atoms with Crippen LogP contribution < -0.4 is 0 Å². The van der Waals surface area contributed by atoms with Gasteiger partial charge in [0.05, 0.1) is 9.92 Å². The molecule has 0 bridgehead atoms. The molecule has 1 saturated heterocycles. The molecule has 1 aromatic carbocycles. The highest BCUT2D eigenvalue weighted by atomic mass is 35.5. The summed E-state index contributed by atoms with van der Waals surface area (Å²) in [7, 11) is 0. The highest BCUT2D eigenvalue weighted by molar-refractivity contribution is 7.79. The Morgan fingerprint density at radius 1 is 1.16 bits per heavy atom. The molecular weight excluding hydrogens is 368 g/mol. The van der Waals surface area contributed by atoms with Gasteiger partial charge in [0.25, 0.3) is 5.91 Å². The Bertz CT molecular complexity index is 696. The second-order valence-corrected chi connectivity index (χ2v) is 8.00. The van der Waals surface area contributed by atoms with Crippen LogP contribution in [0.15, 0.2) is 23.1 Å². The van der Waals surface area contributed by atoms with Gasteiger partial charge >= 0.3 is 6.09 Å². The van der Waals surface area contributed by atoms with Crippen LogP contribution in [0.2, 0.25) is 5.02 Å². The van der Waals surface area contributed by atoms with E-state index in [-0.39, 0.29) is 21.4 Å². The van der Waals surface area contributed by atoms with E-state index in [0.29, 0.717) is 26.2 Å². The summed E-state index contributed by atoms with van der Waals surface area (Å²) in [5, 5.41) is 0.132. The summed E-state index contributed by atoms with van der Waals surface area (Å²) in [5.41, 5.74) is -0.281. The molecule has 138 valence electrons. The van der Waals surface area contributed by atoms with Gasteiger partial charge in [0.2, 0.25) is 0 Å². The van der Waals surface area contributed by atoms with E-state index in [1.165, 1.54) is 18.2 Å². The summed E-state index contributed by atoms with van der Waals surface area (Å²) in [4.78, 5) is 27.8. The Balaban J connectivity index is 2.01. The van der Waals surface area contributed by atoms with E-state index in [4.69, 9.17) is 16.3 Å². The predicted molar refractivity (Wildman–Crippen MR) is 94.2 cm³/mol. The number of hydrogen-bond acceptors (Lipinski definition) is 4. The van der Waals surface area contributed by atoms with Gasteiger partial charge in [-0.25, -0.2) is 9.00 Å². The van der Waals surface area contributed by atoms with Crippen LogP contribution in [-0.4, -0.2) is 62.3 Å². The molecule has 1 N–H and O–H groups in total. The zero-order valence-electron chi connectivity index (χ0n) is 14.3. The summed E-state index contributed by atoms with van der Waals surface area (Å²) in [6.45, 7) is 6.85. The van der Waals surface area contributed by atoms with Gasteiger partial charge in [0.15, 0.2) is 11.1 Å². The van der Waals surface area contributed by atoms with E-state index in [9.17, 15) is 18.4 Å². The number of hydrogen-bond donors (Lipinski definition) is 1. The van der Waals surface area contributed by atoms with E-state index in [2.05, 4.69) is 0 Å². The van der Waals surface area contributed by atoms with Crippen molar-refractivity contribution in [3.63, 3.8) is 0 Å². The zero-order chi connectivity index (χ0) is 18.8. The minimum Gasteiger partial charge on any atom is -0.444 e. The van der Waals surface area contributed by atoms with E-state index >= 15 is 0 Å². The molecule has 0 saturated carbocycles. The van der Waals surface area contributed by atoms with Crippen molar-refractivity contribution in [1.29, 1.82) is 0 Å². The Morgan fingerprint density at radius 2 is 1.72 bits per heavy atom. The van der Waals surface area contributed by atoms with Crippen LogP contribution in [0.1, 0.15) is 31.1 Å². The van der Waals surface area contributed by atoms with Gasteiger partial charge in [-0.1, -0.05) is 11.6 Å². The fraction of sp³-hybridized carbons (Fsp3) is 0.500. The third kappa shape index (κ3) is 5.17. The van der Waals surface area contributed by atoms with Gasteiger partial charge in [-0.05, 0) is 39.0 Å². The van der Waals surface area contributed by atoms with Crippen LogP contribution in [0.3, 0.4) is 0 Å². The maximum Gasteiger partial charge on any atom is 0.410 e. The topological polar surface area (TPSA) is 87.2 Å². The summed E-state index contributed by atoms with van der Waals surface area (Å²) >= 11 is 3.59. The monoisotopic (exact) mass is 388 g/mol. The molecule has 1 unspecified atom stereocenters. The van der Waals surface area contributed by atoms with Gasteiger partial charge in [0.1, 0.15) is 5.60 Å². The van der Waals surface area contributed by atoms with E-state index in [1.807, 2.05) is 0 Å². The molecule has 7 nitrogen and oxygen atoms in total. The third-order valence-corrected chi connectivity index (χ3v) is 4.74. The maximum atomic E-state index is 12.6. The first-order chi connectivity index (χ1) is 11.6. The van der Waals surface area contributed by atoms with Crippen LogP contribution in [0.4, 0.5) is 4.79 Å². The van der Waals surface area contributed by atoms with Crippen LogP contribution >= 0.6 is 11.6 Å². The average Bonchev–Trinajstić information content (AvgIpc) is 2.53. The number of rotatable bonds is 2. The molecule has 1 fully saturated rings. The smallest absolute Gasteiger partial charge is 0.410 e. The molecule has 2 amide bonds. The molecule has 25 heavy (non-hydrogen) atoms. The number of benzene rings is 1. The number of carbonyl (C=O) groups is 2. The van der Waals surface area contributed by atoms with Crippen LogP contribution in [-0.2, 0) is 15.8 Å². The highest BCUT2D eigenvalue weighted by Crippen LogP contribution is 2.22. The van der Waals surface area contributed by atoms with Crippen molar-refractivity contribution in [3.05, 3.63) is 28.8 Å². The van der Waals surface area contributed by atoms with Crippen molar-refractivity contribution in [2.75, 3.05) is 26.2 Å². The van der Waals surface area contributed by atoms with Gasteiger partial charge in [-0.3, -0.25) is 4.79 Å². The minimum absolute atomic E-state index is 0.0000855. The lowest BCUT2D eigenvalue weighted by Crippen LogP contribution is -2.51. The Labute approximate surface area is 154 Å². The second kappa shape index (κ2) is 7.72. The van der Waals surface area contributed by atoms with Gasteiger partial charge in [-0.2, -0.15) is 0 Å². The van der Waals surface area contributed by atoms with E-state index < -0.39 is 22.8 Å². The Hall–Kier alpha value is -1.64. The molecule has 0 spiro atoms. The average molecular weight is 389 g/mol. The normalized spacial score (nSPS) is 16.5. The lowest BCUT2D eigenvalue weighted by atomic mass is 10.2. The SMILES string of the molecule is CC(C)(C)OC(=O)N1CCN(C(=O)c2ccc(Cl)c(S(=O)O)c2)CC1. The Kier molecular flexibility index (Phi) is 6.08. The molecule has 1 heterocycles. The number of ether oxygens (including phenoxy) is 1. The number of piperazine rings is 1. The summed E-state index contributed by atoms with van der Waals surface area (Å²) in [6.07, 6.45) is -0.399. The van der Waals surface area contributed by atoms with Gasteiger partial charge in [0, 0.05) is 31.7 Å². The molecule has 1 aliphatic heterocycles. The quantitative estimate of drug-likeness (QED) is 0.787. The molecule has 0 aliphatic carbocycles. The lowest BCUT2D eigenvalue weighted by Gasteiger charge is -2.35. The van der Waals surface area contributed by atoms with Crippen molar-refractivity contribution >= 4 is 34.7 Å². The molecule has 1 aliphatic rings. The molecule has 1 atom stereocenters. The fourth-order valence-electron chi connectivity index (χ4n) is 2.37. The standard InChI is InChI=1S/C16H21ClN2O5S/c1-16(2,3)24-15(21)19-8-6-18(7-9-19)14(20)11-4-5-12(17)13(10-11)25(22)23/h4-5,10H,6-9H2,1-3H3,(H,22,23). The molecule has 0 aromatic heterocycles. The first-order valence-corrected chi connectivity index (χ1v) is 9.24. The van der Waals surface area contributed by atoms with Gasteiger partial charge in [-0.15, -0.1) is 0 Å². The molecular formula is C16H21ClN2O5S. The van der Waals surface area contributed by atoms with Crippen molar-refractivity contribution in [2.24, 2.45) is 0 Å². The number of halogens is 1.